The van der Waals surface area contributed by atoms with Gasteiger partial charge in [-0.3, -0.25) is 4.90 Å². The molecule has 0 spiro atoms. The van der Waals surface area contributed by atoms with Crippen LogP contribution in [0.5, 0.6) is 0 Å². The van der Waals surface area contributed by atoms with Crippen LogP contribution in [0, 0.1) is 0 Å². The molecule has 3 unspecified atom stereocenters. The molecule has 0 radical (unpaired) electrons. The molecule has 2 aliphatic rings. The molecule has 0 aliphatic carbocycles. The standard InChI is InChI=1S/C13H21N3S/c1-3-8(14)6-12-15-10-7-9-4-5-11(16(9)2)13(10)17-12/h8-9,11H,3-7,14H2,1-2H3. The van der Waals surface area contributed by atoms with Crippen LogP contribution in [0.2, 0.25) is 0 Å². The van der Waals surface area contributed by atoms with Crippen LogP contribution in [0.1, 0.15) is 47.8 Å². The summed E-state index contributed by atoms with van der Waals surface area (Å²) in [7, 11) is 2.27. The van der Waals surface area contributed by atoms with Crippen LogP contribution in [0.25, 0.3) is 0 Å². The predicted molar refractivity (Wildman–Crippen MR) is 71.3 cm³/mol. The van der Waals surface area contributed by atoms with Crippen molar-refractivity contribution in [1.29, 1.82) is 0 Å². The van der Waals surface area contributed by atoms with Gasteiger partial charge in [-0.05, 0) is 26.3 Å². The molecular weight excluding hydrogens is 230 g/mol. The van der Waals surface area contributed by atoms with Gasteiger partial charge in [-0.15, -0.1) is 11.3 Å². The number of likely N-dealkylation sites (N-methyl/N-ethyl adjacent to an activating group) is 1. The summed E-state index contributed by atoms with van der Waals surface area (Å²) in [6.45, 7) is 2.15. The third-order valence-corrected chi connectivity index (χ3v) is 5.53. The van der Waals surface area contributed by atoms with Crippen LogP contribution in [-0.4, -0.2) is 29.0 Å². The molecule has 1 aromatic rings. The highest BCUT2D eigenvalue weighted by Gasteiger charge is 2.39. The molecular formula is C13H21N3S. The van der Waals surface area contributed by atoms with Gasteiger partial charge >= 0.3 is 0 Å². The lowest BCUT2D eigenvalue weighted by Gasteiger charge is -2.29. The zero-order valence-electron chi connectivity index (χ0n) is 10.6. The van der Waals surface area contributed by atoms with Crippen LogP contribution in [0.15, 0.2) is 0 Å². The van der Waals surface area contributed by atoms with Crippen molar-refractivity contribution in [2.75, 3.05) is 7.05 Å². The summed E-state index contributed by atoms with van der Waals surface area (Å²) in [5, 5.41) is 1.25. The fraction of sp³-hybridized carbons (Fsp3) is 0.769. The highest BCUT2D eigenvalue weighted by atomic mass is 32.1. The van der Waals surface area contributed by atoms with Gasteiger partial charge in [-0.2, -0.15) is 0 Å². The zero-order chi connectivity index (χ0) is 12.0. The number of fused-ring (bicyclic) bond motifs is 4. The third-order valence-electron chi connectivity index (χ3n) is 4.31. The van der Waals surface area contributed by atoms with E-state index < -0.39 is 0 Å². The summed E-state index contributed by atoms with van der Waals surface area (Å²) < 4.78 is 0. The SMILES string of the molecule is CCC(N)Cc1nc2c(s1)C1CCC(C2)N1C. The van der Waals surface area contributed by atoms with E-state index in [1.807, 2.05) is 11.3 Å². The molecule has 0 aromatic carbocycles. The van der Waals surface area contributed by atoms with Gasteiger partial charge in [-0.1, -0.05) is 6.92 Å². The minimum atomic E-state index is 0.275. The normalized spacial score (nSPS) is 29.4. The largest absolute Gasteiger partial charge is 0.327 e. The van der Waals surface area contributed by atoms with Gasteiger partial charge in [0, 0.05) is 35.8 Å². The molecule has 94 valence electrons. The van der Waals surface area contributed by atoms with Crippen molar-refractivity contribution in [3.05, 3.63) is 15.6 Å². The van der Waals surface area contributed by atoms with Crippen LogP contribution < -0.4 is 5.73 Å². The Morgan fingerprint density at radius 1 is 1.53 bits per heavy atom. The number of aromatic nitrogens is 1. The average molecular weight is 251 g/mol. The molecule has 4 heteroatoms. The molecule has 3 heterocycles. The number of rotatable bonds is 3. The van der Waals surface area contributed by atoms with Crippen molar-refractivity contribution in [2.24, 2.45) is 5.73 Å². The van der Waals surface area contributed by atoms with Gasteiger partial charge in [0.1, 0.15) is 0 Å². The summed E-state index contributed by atoms with van der Waals surface area (Å²) in [5.41, 5.74) is 7.40. The Morgan fingerprint density at radius 3 is 3.12 bits per heavy atom. The van der Waals surface area contributed by atoms with Crippen molar-refractivity contribution < 1.29 is 0 Å². The van der Waals surface area contributed by atoms with Crippen molar-refractivity contribution >= 4 is 11.3 Å². The van der Waals surface area contributed by atoms with Crippen LogP contribution >= 0.6 is 11.3 Å². The van der Waals surface area contributed by atoms with Crippen molar-refractivity contribution in [3.63, 3.8) is 0 Å². The lowest BCUT2D eigenvalue weighted by molar-refractivity contribution is 0.226. The van der Waals surface area contributed by atoms with E-state index >= 15 is 0 Å². The first kappa shape index (κ1) is 11.6. The average Bonchev–Trinajstić information content (AvgIpc) is 2.80. The van der Waals surface area contributed by atoms with Crippen molar-refractivity contribution in [3.8, 4) is 0 Å². The molecule has 2 aliphatic heterocycles. The van der Waals surface area contributed by atoms with Crippen molar-refractivity contribution in [2.45, 2.75) is 57.2 Å². The second-order valence-corrected chi connectivity index (χ2v) is 6.52. The molecule has 1 aromatic heterocycles. The monoisotopic (exact) mass is 251 g/mol. The molecule has 17 heavy (non-hydrogen) atoms. The summed E-state index contributed by atoms with van der Waals surface area (Å²) >= 11 is 1.91. The molecule has 2 bridgehead atoms. The molecule has 2 N–H and O–H groups in total. The fourth-order valence-electron chi connectivity index (χ4n) is 3.07. The van der Waals surface area contributed by atoms with Crippen LogP contribution in [-0.2, 0) is 12.8 Å². The lowest BCUT2D eigenvalue weighted by atomic mass is 10.1. The van der Waals surface area contributed by atoms with Gasteiger partial charge < -0.3 is 5.73 Å². The summed E-state index contributed by atoms with van der Waals surface area (Å²) in [5.74, 6) is 0. The molecule has 3 nitrogen and oxygen atoms in total. The van der Waals surface area contributed by atoms with E-state index in [2.05, 4.69) is 18.9 Å². The summed E-state index contributed by atoms with van der Waals surface area (Å²) in [6.07, 6.45) is 5.80. The maximum Gasteiger partial charge on any atom is 0.0947 e. The van der Waals surface area contributed by atoms with E-state index in [0.29, 0.717) is 6.04 Å². The number of thiazole rings is 1. The van der Waals surface area contributed by atoms with Crippen molar-refractivity contribution in [1.82, 2.24) is 9.88 Å². The van der Waals surface area contributed by atoms with E-state index in [-0.39, 0.29) is 6.04 Å². The Kier molecular flexibility index (Phi) is 2.97. The number of nitrogens with zero attached hydrogens (tertiary/aromatic N) is 2. The molecule has 3 atom stereocenters. The molecule has 1 saturated heterocycles. The van der Waals surface area contributed by atoms with E-state index in [0.717, 1.165) is 25.3 Å². The van der Waals surface area contributed by atoms with Gasteiger partial charge in [0.15, 0.2) is 0 Å². The second-order valence-electron chi connectivity index (χ2n) is 5.41. The highest BCUT2D eigenvalue weighted by Crippen LogP contribution is 2.44. The third kappa shape index (κ3) is 1.92. The Morgan fingerprint density at radius 2 is 2.35 bits per heavy atom. The molecule has 0 saturated carbocycles. The Labute approximate surface area is 107 Å². The summed E-state index contributed by atoms with van der Waals surface area (Å²) in [4.78, 5) is 8.90. The Bertz CT molecular complexity index is 415. The fourth-order valence-corrected chi connectivity index (χ4v) is 4.45. The van der Waals surface area contributed by atoms with Gasteiger partial charge in [0.25, 0.3) is 0 Å². The first-order valence-corrected chi connectivity index (χ1v) is 7.46. The smallest absolute Gasteiger partial charge is 0.0947 e. The maximum absolute atomic E-state index is 6.02. The van der Waals surface area contributed by atoms with E-state index in [4.69, 9.17) is 10.7 Å². The van der Waals surface area contributed by atoms with Gasteiger partial charge in [0.05, 0.1) is 10.7 Å². The quantitative estimate of drug-likeness (QED) is 0.894. The lowest BCUT2D eigenvalue weighted by Crippen LogP contribution is -2.33. The van der Waals surface area contributed by atoms with E-state index in [1.165, 1.54) is 28.4 Å². The number of hydrogen-bond donors (Lipinski definition) is 1. The minimum Gasteiger partial charge on any atom is -0.327 e. The minimum absolute atomic E-state index is 0.275. The molecule has 1 fully saturated rings. The highest BCUT2D eigenvalue weighted by molar-refractivity contribution is 7.11. The number of hydrogen-bond acceptors (Lipinski definition) is 4. The van der Waals surface area contributed by atoms with E-state index in [1.54, 1.807) is 0 Å². The van der Waals surface area contributed by atoms with Gasteiger partial charge in [0.2, 0.25) is 0 Å². The molecule has 3 rings (SSSR count). The Balaban J connectivity index is 1.85. The molecule has 0 amide bonds. The van der Waals surface area contributed by atoms with Crippen LogP contribution in [0.4, 0.5) is 0 Å². The maximum atomic E-state index is 6.02. The topological polar surface area (TPSA) is 42.1 Å². The zero-order valence-corrected chi connectivity index (χ0v) is 11.5. The second kappa shape index (κ2) is 4.34. The Hall–Kier alpha value is -0.450. The number of nitrogens with two attached hydrogens (primary N) is 1. The van der Waals surface area contributed by atoms with Crippen LogP contribution in [0.3, 0.4) is 0 Å². The van der Waals surface area contributed by atoms with Gasteiger partial charge in [-0.25, -0.2) is 4.98 Å². The summed E-state index contributed by atoms with van der Waals surface area (Å²) in [6, 6.07) is 1.66. The first-order chi connectivity index (χ1) is 8.19. The first-order valence-electron chi connectivity index (χ1n) is 6.65. The predicted octanol–water partition coefficient (Wildman–Crippen LogP) is 2.11. The van der Waals surface area contributed by atoms with E-state index in [9.17, 15) is 0 Å².